The fourth-order valence-electron chi connectivity index (χ4n) is 3.83. The van der Waals surface area contributed by atoms with Gasteiger partial charge in [-0.2, -0.15) is 0 Å². The number of hydrogen-bond donors (Lipinski definition) is 2. The van der Waals surface area contributed by atoms with E-state index in [0.29, 0.717) is 27.8 Å². The third-order valence-corrected chi connectivity index (χ3v) is 5.76. The predicted molar refractivity (Wildman–Crippen MR) is 117 cm³/mol. The van der Waals surface area contributed by atoms with E-state index in [4.69, 9.17) is 4.74 Å². The fraction of sp³-hybridized carbons (Fsp3) is 0.167. The van der Waals surface area contributed by atoms with Gasteiger partial charge in [-0.1, -0.05) is 64.5 Å². The zero-order valence-electron chi connectivity index (χ0n) is 16.0. The van der Waals surface area contributed by atoms with Crippen molar-refractivity contribution in [3.8, 4) is 5.75 Å². The van der Waals surface area contributed by atoms with Gasteiger partial charge in [0.05, 0.1) is 0 Å². The van der Waals surface area contributed by atoms with Crippen LogP contribution in [-0.4, -0.2) is 23.1 Å². The summed E-state index contributed by atoms with van der Waals surface area (Å²) in [6.07, 6.45) is 0.236. The molecule has 0 spiro atoms. The van der Waals surface area contributed by atoms with Crippen molar-refractivity contribution in [2.24, 2.45) is 0 Å². The van der Waals surface area contributed by atoms with E-state index in [1.54, 1.807) is 48.5 Å². The van der Waals surface area contributed by atoms with E-state index in [9.17, 15) is 14.7 Å². The number of carbonyl (C=O) groups excluding carboxylic acids is 1. The zero-order valence-corrected chi connectivity index (χ0v) is 17.6. The lowest BCUT2D eigenvalue weighted by atomic mass is 9.80. The SMILES string of the molecule is O=C(NC1(C(=O)O)C[C@@H](Cc2ccccc2)Oc2ccc(Br)cc21)c1ccccc1. The molecule has 5 nitrogen and oxygen atoms in total. The maximum atomic E-state index is 13.0. The summed E-state index contributed by atoms with van der Waals surface area (Å²) < 4.78 is 6.86. The maximum absolute atomic E-state index is 13.0. The summed E-state index contributed by atoms with van der Waals surface area (Å²) in [7, 11) is 0. The summed E-state index contributed by atoms with van der Waals surface area (Å²) in [6, 6.07) is 23.6. The molecule has 1 aliphatic rings. The number of amides is 1. The number of carbonyl (C=O) groups is 2. The van der Waals surface area contributed by atoms with Crippen LogP contribution in [0.15, 0.2) is 83.3 Å². The van der Waals surface area contributed by atoms with Crippen molar-refractivity contribution in [3.63, 3.8) is 0 Å². The average Bonchev–Trinajstić information content (AvgIpc) is 2.75. The van der Waals surface area contributed by atoms with E-state index >= 15 is 0 Å². The molecule has 0 fully saturated rings. The van der Waals surface area contributed by atoms with Crippen LogP contribution >= 0.6 is 15.9 Å². The quantitative estimate of drug-likeness (QED) is 0.579. The van der Waals surface area contributed by atoms with Crippen LogP contribution in [0.1, 0.15) is 27.9 Å². The standard InChI is InChI=1S/C24H20BrNO4/c25-18-11-12-21-20(14-18)24(23(28)29,26-22(27)17-9-5-2-6-10-17)15-19(30-21)13-16-7-3-1-4-8-16/h1-12,14,19H,13,15H2,(H,26,27)(H,28,29)/t19-,24?/m1/s1. The first-order valence-electron chi connectivity index (χ1n) is 9.59. The molecule has 152 valence electrons. The molecule has 30 heavy (non-hydrogen) atoms. The van der Waals surface area contributed by atoms with E-state index in [0.717, 1.165) is 5.56 Å². The van der Waals surface area contributed by atoms with Gasteiger partial charge in [-0.25, -0.2) is 4.79 Å². The molecule has 0 aliphatic carbocycles. The summed E-state index contributed by atoms with van der Waals surface area (Å²) in [5.41, 5.74) is 0.263. The second-order valence-corrected chi connectivity index (χ2v) is 8.22. The summed E-state index contributed by atoms with van der Waals surface area (Å²) in [6.45, 7) is 0. The van der Waals surface area contributed by atoms with Gasteiger partial charge < -0.3 is 15.2 Å². The molecule has 0 aromatic heterocycles. The number of nitrogens with one attached hydrogen (secondary N) is 1. The van der Waals surface area contributed by atoms with Gasteiger partial charge in [0.2, 0.25) is 0 Å². The Balaban J connectivity index is 1.75. The monoisotopic (exact) mass is 465 g/mol. The summed E-state index contributed by atoms with van der Waals surface area (Å²) in [4.78, 5) is 25.6. The normalized spacial score (nSPS) is 20.0. The van der Waals surface area contributed by atoms with Gasteiger partial charge in [0.15, 0.2) is 5.54 Å². The lowest BCUT2D eigenvalue weighted by Crippen LogP contribution is -2.56. The zero-order chi connectivity index (χ0) is 21.1. The molecule has 0 saturated heterocycles. The highest BCUT2D eigenvalue weighted by molar-refractivity contribution is 9.10. The van der Waals surface area contributed by atoms with Crippen LogP contribution in [0.4, 0.5) is 0 Å². The van der Waals surface area contributed by atoms with E-state index in [1.165, 1.54) is 0 Å². The van der Waals surface area contributed by atoms with Gasteiger partial charge in [-0.3, -0.25) is 4.79 Å². The molecule has 6 heteroatoms. The van der Waals surface area contributed by atoms with Crippen LogP contribution in [-0.2, 0) is 16.8 Å². The highest BCUT2D eigenvalue weighted by atomic mass is 79.9. The van der Waals surface area contributed by atoms with Crippen LogP contribution in [0.3, 0.4) is 0 Å². The summed E-state index contributed by atoms with van der Waals surface area (Å²) in [5.74, 6) is -1.10. The Kier molecular flexibility index (Phi) is 5.59. The molecule has 4 rings (SSSR count). The first-order chi connectivity index (χ1) is 14.5. The third kappa shape index (κ3) is 3.96. The molecule has 0 saturated carbocycles. The Labute approximate surface area is 182 Å². The number of hydrogen-bond acceptors (Lipinski definition) is 3. The van der Waals surface area contributed by atoms with Crippen molar-refractivity contribution in [1.82, 2.24) is 5.32 Å². The second kappa shape index (κ2) is 8.32. The Hall–Kier alpha value is -3.12. The number of fused-ring (bicyclic) bond motifs is 1. The van der Waals surface area contributed by atoms with Crippen molar-refractivity contribution in [3.05, 3.63) is 100 Å². The molecular formula is C24H20BrNO4. The van der Waals surface area contributed by atoms with Crippen molar-refractivity contribution in [2.75, 3.05) is 0 Å². The topological polar surface area (TPSA) is 75.6 Å². The molecule has 2 atom stereocenters. The van der Waals surface area contributed by atoms with Gasteiger partial charge in [0, 0.05) is 28.4 Å². The number of carboxylic acid groups (broad SMARTS) is 1. The van der Waals surface area contributed by atoms with Crippen LogP contribution < -0.4 is 10.1 Å². The highest BCUT2D eigenvalue weighted by Gasteiger charge is 2.49. The molecule has 1 unspecified atom stereocenters. The minimum absolute atomic E-state index is 0.110. The van der Waals surface area contributed by atoms with Gasteiger partial charge in [0.25, 0.3) is 5.91 Å². The Morgan fingerprint density at radius 3 is 2.37 bits per heavy atom. The smallest absolute Gasteiger partial charge is 0.334 e. The average molecular weight is 466 g/mol. The number of ether oxygens (including phenoxy) is 1. The minimum atomic E-state index is -1.61. The lowest BCUT2D eigenvalue weighted by molar-refractivity contribution is -0.147. The van der Waals surface area contributed by atoms with E-state index in [1.807, 2.05) is 30.3 Å². The fourth-order valence-corrected chi connectivity index (χ4v) is 4.19. The van der Waals surface area contributed by atoms with Crippen molar-refractivity contribution < 1.29 is 19.4 Å². The van der Waals surface area contributed by atoms with Crippen molar-refractivity contribution >= 4 is 27.8 Å². The largest absolute Gasteiger partial charge is 0.490 e. The first kappa shape index (κ1) is 20.2. The van der Waals surface area contributed by atoms with Gasteiger partial charge >= 0.3 is 5.97 Å². The van der Waals surface area contributed by atoms with E-state index in [-0.39, 0.29) is 6.42 Å². The Bertz CT molecular complexity index is 1070. The van der Waals surface area contributed by atoms with Gasteiger partial charge in [0.1, 0.15) is 11.9 Å². The Morgan fingerprint density at radius 1 is 1.03 bits per heavy atom. The first-order valence-corrected chi connectivity index (χ1v) is 10.4. The van der Waals surface area contributed by atoms with Gasteiger partial charge in [-0.15, -0.1) is 0 Å². The van der Waals surface area contributed by atoms with Crippen LogP contribution in [0.2, 0.25) is 0 Å². The molecular weight excluding hydrogens is 446 g/mol. The molecule has 0 bridgehead atoms. The van der Waals surface area contributed by atoms with Crippen LogP contribution in [0, 0.1) is 0 Å². The number of rotatable bonds is 5. The second-order valence-electron chi connectivity index (χ2n) is 7.30. The maximum Gasteiger partial charge on any atom is 0.334 e. The molecule has 1 heterocycles. The van der Waals surface area contributed by atoms with E-state index in [2.05, 4.69) is 21.2 Å². The molecule has 2 N–H and O–H groups in total. The van der Waals surface area contributed by atoms with Crippen molar-refractivity contribution in [2.45, 2.75) is 24.5 Å². The molecule has 0 radical (unpaired) electrons. The highest BCUT2D eigenvalue weighted by Crippen LogP contribution is 2.42. The van der Waals surface area contributed by atoms with Crippen LogP contribution in [0.25, 0.3) is 0 Å². The molecule has 3 aromatic carbocycles. The lowest BCUT2D eigenvalue weighted by Gasteiger charge is -2.40. The molecule has 3 aromatic rings. The third-order valence-electron chi connectivity index (χ3n) is 5.26. The summed E-state index contributed by atoms with van der Waals surface area (Å²) in [5, 5.41) is 13.1. The summed E-state index contributed by atoms with van der Waals surface area (Å²) >= 11 is 3.41. The number of benzene rings is 3. The predicted octanol–water partition coefficient (Wildman–Crippen LogP) is 4.55. The van der Waals surface area contributed by atoms with E-state index < -0.39 is 23.5 Å². The van der Waals surface area contributed by atoms with Gasteiger partial charge in [-0.05, 0) is 35.9 Å². The number of carboxylic acids is 1. The Morgan fingerprint density at radius 2 is 1.70 bits per heavy atom. The number of aliphatic carboxylic acids is 1. The van der Waals surface area contributed by atoms with Crippen molar-refractivity contribution in [1.29, 1.82) is 0 Å². The molecule has 1 aliphatic heterocycles. The minimum Gasteiger partial charge on any atom is -0.490 e. The number of halogens is 1. The molecule has 1 amide bonds. The van der Waals surface area contributed by atoms with Crippen LogP contribution in [0.5, 0.6) is 5.75 Å².